The molecule has 0 N–H and O–H groups in total. The first-order valence-electron chi connectivity index (χ1n) is 8.69. The zero-order valence-electron chi connectivity index (χ0n) is 14.1. The fourth-order valence-electron chi connectivity index (χ4n) is 3.54. The predicted octanol–water partition coefficient (Wildman–Crippen LogP) is 5.50. The largest absolute Gasteiger partial charge is 0.371 e. The molecule has 0 aliphatic carbocycles. The van der Waals surface area contributed by atoms with Crippen molar-refractivity contribution in [3.8, 4) is 0 Å². The van der Waals surface area contributed by atoms with E-state index in [-0.39, 0.29) is 0 Å². The third-order valence-electron chi connectivity index (χ3n) is 4.79. The second-order valence-corrected chi connectivity index (χ2v) is 6.50. The van der Waals surface area contributed by atoms with Crippen LogP contribution in [0.3, 0.4) is 0 Å². The predicted molar refractivity (Wildman–Crippen MR) is 104 cm³/mol. The molecule has 1 aliphatic heterocycles. The van der Waals surface area contributed by atoms with E-state index in [4.69, 9.17) is 4.99 Å². The molecule has 0 atom stereocenters. The topological polar surface area (TPSA) is 15.6 Å². The van der Waals surface area contributed by atoms with Gasteiger partial charge >= 0.3 is 0 Å². The van der Waals surface area contributed by atoms with E-state index in [0.29, 0.717) is 0 Å². The van der Waals surface area contributed by atoms with Gasteiger partial charge in [0.15, 0.2) is 0 Å². The lowest BCUT2D eigenvalue weighted by Crippen LogP contribution is -2.18. The molecular weight excluding hydrogens is 292 g/mol. The summed E-state index contributed by atoms with van der Waals surface area (Å²) in [6, 6.07) is 21.3. The van der Waals surface area contributed by atoms with Gasteiger partial charge in [0.1, 0.15) is 0 Å². The summed E-state index contributed by atoms with van der Waals surface area (Å²) in [5.74, 6) is 0. The number of benzene rings is 3. The van der Waals surface area contributed by atoms with Gasteiger partial charge in [0.05, 0.1) is 5.69 Å². The Morgan fingerprint density at radius 2 is 1.71 bits per heavy atom. The lowest BCUT2D eigenvalue weighted by molar-refractivity contribution is 0.949. The van der Waals surface area contributed by atoms with Gasteiger partial charge in [-0.3, -0.25) is 4.99 Å². The second-order valence-electron chi connectivity index (χ2n) is 6.50. The molecule has 24 heavy (non-hydrogen) atoms. The van der Waals surface area contributed by atoms with Gasteiger partial charge < -0.3 is 4.90 Å². The maximum Gasteiger partial charge on any atom is 0.0708 e. The summed E-state index contributed by atoms with van der Waals surface area (Å²) < 4.78 is 0. The number of nitrogens with zero attached hydrogens (tertiary/aromatic N) is 2. The summed E-state index contributed by atoms with van der Waals surface area (Å²) in [5, 5.41) is 2.43. The van der Waals surface area contributed by atoms with Crippen LogP contribution in [-0.4, -0.2) is 19.3 Å². The second kappa shape index (κ2) is 6.48. The molecule has 1 heterocycles. The van der Waals surface area contributed by atoms with Gasteiger partial charge in [-0.2, -0.15) is 0 Å². The van der Waals surface area contributed by atoms with Crippen LogP contribution >= 0.6 is 0 Å². The van der Waals surface area contributed by atoms with Crippen molar-refractivity contribution in [2.75, 3.05) is 18.0 Å². The Kier molecular flexibility index (Phi) is 4.04. The first-order valence-corrected chi connectivity index (χ1v) is 8.69. The molecule has 120 valence electrons. The minimum absolute atomic E-state index is 1.02. The van der Waals surface area contributed by atoms with Crippen molar-refractivity contribution in [1.82, 2.24) is 0 Å². The number of hydrogen-bond acceptors (Lipinski definition) is 2. The first kappa shape index (κ1) is 14.9. The molecule has 4 rings (SSSR count). The van der Waals surface area contributed by atoms with Crippen molar-refractivity contribution in [2.45, 2.75) is 19.8 Å². The van der Waals surface area contributed by atoms with Gasteiger partial charge in [-0.15, -0.1) is 0 Å². The summed E-state index contributed by atoms with van der Waals surface area (Å²) in [6.07, 6.45) is 4.59. The molecule has 0 aromatic heterocycles. The molecule has 1 aliphatic rings. The molecule has 0 radical (unpaired) electrons. The van der Waals surface area contributed by atoms with E-state index in [2.05, 4.69) is 72.5 Å². The van der Waals surface area contributed by atoms with Crippen molar-refractivity contribution in [3.05, 3.63) is 71.8 Å². The van der Waals surface area contributed by atoms with Crippen LogP contribution in [0.4, 0.5) is 11.4 Å². The van der Waals surface area contributed by atoms with E-state index >= 15 is 0 Å². The van der Waals surface area contributed by atoms with Crippen molar-refractivity contribution in [2.24, 2.45) is 4.99 Å². The highest BCUT2D eigenvalue weighted by atomic mass is 15.1. The van der Waals surface area contributed by atoms with Crippen molar-refractivity contribution in [1.29, 1.82) is 0 Å². The van der Waals surface area contributed by atoms with Gasteiger partial charge in [0, 0.05) is 30.4 Å². The molecule has 1 saturated heterocycles. The highest BCUT2D eigenvalue weighted by Gasteiger charge is 2.13. The quantitative estimate of drug-likeness (QED) is 0.583. The lowest BCUT2D eigenvalue weighted by atomic mass is 10.1. The zero-order chi connectivity index (χ0) is 16.4. The highest BCUT2D eigenvalue weighted by molar-refractivity contribution is 5.95. The Morgan fingerprint density at radius 3 is 2.54 bits per heavy atom. The van der Waals surface area contributed by atoms with E-state index in [9.17, 15) is 0 Å². The van der Waals surface area contributed by atoms with E-state index in [1.54, 1.807) is 0 Å². The fraction of sp³-hybridized carbons (Fsp3) is 0.227. The Bertz CT molecular complexity index is 884. The van der Waals surface area contributed by atoms with E-state index in [0.717, 1.165) is 11.3 Å². The van der Waals surface area contributed by atoms with E-state index < -0.39 is 0 Å². The summed E-state index contributed by atoms with van der Waals surface area (Å²) in [6.45, 7) is 4.57. The van der Waals surface area contributed by atoms with Gasteiger partial charge in [0.2, 0.25) is 0 Å². The van der Waals surface area contributed by atoms with Crippen LogP contribution < -0.4 is 4.90 Å². The summed E-state index contributed by atoms with van der Waals surface area (Å²) in [5.41, 5.74) is 4.88. The molecule has 0 unspecified atom stereocenters. The van der Waals surface area contributed by atoms with Crippen LogP contribution in [0, 0.1) is 6.92 Å². The Hall–Kier alpha value is -2.61. The number of aryl methyl sites for hydroxylation is 1. The highest BCUT2D eigenvalue weighted by Crippen LogP contribution is 2.27. The first-order chi connectivity index (χ1) is 11.8. The number of aliphatic imine (C=N–C) groups is 1. The van der Waals surface area contributed by atoms with Crippen LogP contribution in [0.25, 0.3) is 10.8 Å². The SMILES string of the molecule is Cc1cc(C=Nc2cccc3ccccc23)ccc1N1CCCC1. The van der Waals surface area contributed by atoms with Crippen LogP contribution in [0.1, 0.15) is 24.0 Å². The monoisotopic (exact) mass is 314 g/mol. The molecule has 2 heteroatoms. The minimum Gasteiger partial charge on any atom is -0.371 e. The normalized spacial score (nSPS) is 14.8. The number of anilines is 1. The summed E-state index contributed by atoms with van der Waals surface area (Å²) in [4.78, 5) is 7.22. The van der Waals surface area contributed by atoms with Crippen molar-refractivity contribution in [3.63, 3.8) is 0 Å². The zero-order valence-corrected chi connectivity index (χ0v) is 14.1. The molecule has 3 aromatic carbocycles. The summed E-state index contributed by atoms with van der Waals surface area (Å²) >= 11 is 0. The Morgan fingerprint density at radius 1 is 0.917 bits per heavy atom. The number of fused-ring (bicyclic) bond motifs is 1. The van der Waals surface area contributed by atoms with Crippen LogP contribution in [0.5, 0.6) is 0 Å². The fourth-order valence-corrected chi connectivity index (χ4v) is 3.54. The van der Waals surface area contributed by atoms with Gasteiger partial charge in [0.25, 0.3) is 0 Å². The molecule has 0 saturated carbocycles. The number of hydrogen-bond donors (Lipinski definition) is 0. The van der Waals surface area contributed by atoms with Crippen molar-refractivity contribution >= 4 is 28.4 Å². The average Bonchev–Trinajstić information content (AvgIpc) is 3.14. The molecule has 0 spiro atoms. The lowest BCUT2D eigenvalue weighted by Gasteiger charge is -2.20. The molecule has 0 bridgehead atoms. The van der Waals surface area contributed by atoms with Gasteiger partial charge in [-0.1, -0.05) is 42.5 Å². The molecule has 3 aromatic rings. The Balaban J connectivity index is 1.62. The maximum atomic E-state index is 4.73. The van der Waals surface area contributed by atoms with Crippen LogP contribution in [0.2, 0.25) is 0 Å². The van der Waals surface area contributed by atoms with Crippen LogP contribution in [-0.2, 0) is 0 Å². The Labute approximate surface area is 143 Å². The smallest absolute Gasteiger partial charge is 0.0708 e. The van der Waals surface area contributed by atoms with E-state index in [1.165, 1.54) is 48.0 Å². The molecule has 0 amide bonds. The van der Waals surface area contributed by atoms with Crippen LogP contribution in [0.15, 0.2) is 65.7 Å². The molecule has 1 fully saturated rings. The van der Waals surface area contributed by atoms with Crippen molar-refractivity contribution < 1.29 is 0 Å². The molecular formula is C22H22N2. The third-order valence-corrected chi connectivity index (χ3v) is 4.79. The van der Waals surface area contributed by atoms with E-state index in [1.807, 2.05) is 6.21 Å². The standard InChI is InChI=1S/C22H22N2/c1-17-15-18(11-12-22(17)24-13-4-5-14-24)16-23-21-10-6-8-19-7-2-3-9-20(19)21/h2-3,6-12,15-16H,4-5,13-14H2,1H3. The minimum atomic E-state index is 1.02. The van der Waals surface area contributed by atoms with Gasteiger partial charge in [-0.05, 0) is 54.5 Å². The van der Waals surface area contributed by atoms with Gasteiger partial charge in [-0.25, -0.2) is 0 Å². The maximum absolute atomic E-state index is 4.73. The third kappa shape index (κ3) is 2.92. The molecule has 2 nitrogen and oxygen atoms in total. The number of rotatable bonds is 3. The summed E-state index contributed by atoms with van der Waals surface area (Å²) in [7, 11) is 0. The average molecular weight is 314 g/mol.